The minimum Gasteiger partial charge on any atom is -0.369 e. The first kappa shape index (κ1) is 23.6. The van der Waals surface area contributed by atoms with Crippen molar-refractivity contribution in [1.29, 1.82) is 0 Å². The number of ketones is 1. The van der Waals surface area contributed by atoms with Crippen molar-refractivity contribution < 1.29 is 18.7 Å². The molecular weight excluding hydrogens is 459 g/mol. The minimum atomic E-state index is -1.16. The van der Waals surface area contributed by atoms with E-state index in [-0.39, 0.29) is 60.1 Å². The smallest absolute Gasteiger partial charge is 0.256 e. The number of likely N-dealkylation sites (tertiary alicyclic amines) is 1. The Morgan fingerprint density at radius 1 is 1.08 bits per heavy atom. The Balaban J connectivity index is 1.24. The molecule has 4 aliphatic carbocycles. The van der Waals surface area contributed by atoms with Gasteiger partial charge >= 0.3 is 0 Å². The summed E-state index contributed by atoms with van der Waals surface area (Å²) < 4.78 is 22.9. The van der Waals surface area contributed by atoms with Crippen molar-refractivity contribution in [1.82, 2.24) is 15.1 Å². The molecule has 3 aliphatic heterocycles. The van der Waals surface area contributed by atoms with E-state index in [9.17, 15) is 9.59 Å². The highest BCUT2D eigenvalue weighted by Crippen LogP contribution is 2.51. The van der Waals surface area contributed by atoms with E-state index >= 15 is 4.39 Å². The average molecular weight is 501 g/mol. The Kier molecular flexibility index (Phi) is 5.93. The highest BCUT2D eigenvalue weighted by atomic mass is 19.1. The molecule has 198 valence electrons. The number of nitrogens with two attached hydrogens (primary N) is 1. The fourth-order valence-electron chi connectivity index (χ4n) is 8.61. The van der Waals surface area contributed by atoms with Crippen molar-refractivity contribution >= 4 is 11.7 Å². The van der Waals surface area contributed by atoms with Crippen LogP contribution in [-0.4, -0.2) is 83.7 Å². The number of morpholine rings is 1. The number of amides is 1. The van der Waals surface area contributed by atoms with E-state index in [0.717, 1.165) is 38.6 Å². The first-order valence-electron chi connectivity index (χ1n) is 14.6. The normalized spacial score (nSPS) is 46.4. The molecule has 1 amide bonds. The molecule has 7 rings (SSSR count). The number of halogens is 1. The van der Waals surface area contributed by atoms with Gasteiger partial charge in [-0.15, -0.1) is 0 Å². The molecule has 10 atom stereocenters. The lowest BCUT2D eigenvalue weighted by Crippen LogP contribution is -2.73. The Morgan fingerprint density at radius 3 is 2.58 bits per heavy atom. The number of carbonyl (C=O) groups is 2. The average Bonchev–Trinajstić information content (AvgIpc) is 3.61. The van der Waals surface area contributed by atoms with Gasteiger partial charge in [0, 0.05) is 37.8 Å². The summed E-state index contributed by atoms with van der Waals surface area (Å²) in [5.74, 6) is 0.891. The molecule has 0 bridgehead atoms. The van der Waals surface area contributed by atoms with Crippen LogP contribution in [0.5, 0.6) is 0 Å². The number of nitrogens with zero attached hydrogens (tertiary/aromatic N) is 2. The van der Waals surface area contributed by atoms with E-state index in [1.165, 1.54) is 25.7 Å². The van der Waals surface area contributed by atoms with Crippen LogP contribution in [0.2, 0.25) is 0 Å². The van der Waals surface area contributed by atoms with Crippen LogP contribution in [0.25, 0.3) is 0 Å². The number of alkyl halides is 1. The van der Waals surface area contributed by atoms with Crippen molar-refractivity contribution in [3.63, 3.8) is 0 Å². The zero-order valence-corrected chi connectivity index (χ0v) is 21.2. The number of ether oxygens (including phenoxy) is 1. The molecule has 0 spiro atoms. The van der Waals surface area contributed by atoms with Gasteiger partial charge in [0.25, 0.3) is 5.91 Å². The van der Waals surface area contributed by atoms with Crippen molar-refractivity contribution in [2.24, 2.45) is 29.4 Å². The van der Waals surface area contributed by atoms with Gasteiger partial charge in [0.1, 0.15) is 6.17 Å². The molecule has 0 aromatic rings. The maximum atomic E-state index is 16.0. The highest BCUT2D eigenvalue weighted by Gasteiger charge is 2.60. The number of rotatable bonds is 4. The predicted molar refractivity (Wildman–Crippen MR) is 133 cm³/mol. The van der Waals surface area contributed by atoms with Crippen LogP contribution in [0, 0.1) is 23.7 Å². The summed E-state index contributed by atoms with van der Waals surface area (Å²) in [6.07, 6.45) is 10.8. The molecule has 6 fully saturated rings. The molecule has 0 aromatic carbocycles. The zero-order valence-electron chi connectivity index (χ0n) is 21.2. The monoisotopic (exact) mass is 500 g/mol. The maximum absolute atomic E-state index is 16.0. The molecule has 10 unspecified atom stereocenters. The van der Waals surface area contributed by atoms with Crippen LogP contribution in [-0.2, 0) is 14.3 Å². The fraction of sp³-hybridized carbons (Fsp3) is 0.857. The lowest BCUT2D eigenvalue weighted by Gasteiger charge is -2.61. The molecule has 8 heteroatoms. The topological polar surface area (TPSA) is 87.9 Å². The lowest BCUT2D eigenvalue weighted by molar-refractivity contribution is -0.219. The molecule has 2 saturated heterocycles. The molecule has 7 aliphatic rings. The molecular formula is C28H41FN4O3. The van der Waals surface area contributed by atoms with Crippen LogP contribution in [0.3, 0.4) is 0 Å². The summed E-state index contributed by atoms with van der Waals surface area (Å²) >= 11 is 0. The molecule has 4 saturated carbocycles. The van der Waals surface area contributed by atoms with Crippen LogP contribution in [0.4, 0.5) is 4.39 Å². The number of carbonyl (C=O) groups excluding carboxylic acids is 2. The summed E-state index contributed by atoms with van der Waals surface area (Å²) in [5.41, 5.74) is 6.45. The van der Waals surface area contributed by atoms with Crippen LogP contribution >= 0.6 is 0 Å². The number of nitrogens with one attached hydrogen (secondary N) is 1. The van der Waals surface area contributed by atoms with Crippen LogP contribution in [0.15, 0.2) is 11.8 Å². The number of hydrogen-bond donors (Lipinski definition) is 2. The Labute approximate surface area is 213 Å². The van der Waals surface area contributed by atoms with Gasteiger partial charge in [-0.3, -0.25) is 14.5 Å². The number of fused-ring (bicyclic) bond motifs is 3. The van der Waals surface area contributed by atoms with E-state index in [2.05, 4.69) is 15.1 Å². The van der Waals surface area contributed by atoms with Gasteiger partial charge in [-0.05, 0) is 56.3 Å². The van der Waals surface area contributed by atoms with Crippen LogP contribution in [0.1, 0.15) is 64.2 Å². The third-order valence-electron chi connectivity index (χ3n) is 10.6. The summed E-state index contributed by atoms with van der Waals surface area (Å²) in [6, 6.07) is -0.355. The van der Waals surface area contributed by atoms with Gasteiger partial charge in [0.15, 0.2) is 5.78 Å². The first-order valence-corrected chi connectivity index (χ1v) is 14.6. The van der Waals surface area contributed by atoms with Crippen molar-refractivity contribution in [3.05, 3.63) is 11.8 Å². The van der Waals surface area contributed by atoms with Gasteiger partial charge in [-0.1, -0.05) is 25.7 Å². The van der Waals surface area contributed by atoms with E-state index in [0.29, 0.717) is 30.8 Å². The fourth-order valence-corrected chi connectivity index (χ4v) is 8.61. The minimum absolute atomic E-state index is 0.0237. The second kappa shape index (κ2) is 9.05. The quantitative estimate of drug-likeness (QED) is 0.575. The summed E-state index contributed by atoms with van der Waals surface area (Å²) in [6.45, 7) is 2.09. The van der Waals surface area contributed by atoms with Crippen molar-refractivity contribution in [2.45, 2.75) is 107 Å². The second-order valence-corrected chi connectivity index (χ2v) is 12.9. The Hall–Kier alpha value is -1.51. The Bertz CT molecular complexity index is 940. The third kappa shape index (κ3) is 3.93. The van der Waals surface area contributed by atoms with E-state index in [1.54, 1.807) is 0 Å². The molecule has 0 radical (unpaired) electrons. The molecule has 36 heavy (non-hydrogen) atoms. The molecule has 7 nitrogen and oxygen atoms in total. The zero-order chi connectivity index (χ0) is 24.6. The molecule has 3 heterocycles. The van der Waals surface area contributed by atoms with E-state index in [4.69, 9.17) is 10.5 Å². The second-order valence-electron chi connectivity index (χ2n) is 12.9. The summed E-state index contributed by atoms with van der Waals surface area (Å²) in [4.78, 5) is 31.4. The van der Waals surface area contributed by atoms with E-state index in [1.807, 2.05) is 6.20 Å². The largest absolute Gasteiger partial charge is 0.369 e. The maximum Gasteiger partial charge on any atom is 0.256 e. The highest BCUT2D eigenvalue weighted by molar-refractivity contribution is 6.20. The van der Waals surface area contributed by atoms with Gasteiger partial charge in [0.05, 0.1) is 35.9 Å². The number of hydrogen-bond acceptors (Lipinski definition) is 6. The number of Topliss-reactive ketones (excluding diaryl/α,β-unsaturated/α-hetero) is 1. The third-order valence-corrected chi connectivity index (χ3v) is 10.6. The molecule has 3 N–H and O–H groups in total. The van der Waals surface area contributed by atoms with Gasteiger partial charge < -0.3 is 20.7 Å². The Morgan fingerprint density at radius 2 is 1.86 bits per heavy atom. The van der Waals surface area contributed by atoms with Gasteiger partial charge in [-0.25, -0.2) is 4.39 Å². The van der Waals surface area contributed by atoms with Gasteiger partial charge in [-0.2, -0.15) is 0 Å². The van der Waals surface area contributed by atoms with Crippen LogP contribution < -0.4 is 11.1 Å². The SMILES string of the molecule is NC1CCN(C2C(F)CC3C(=O)C(C(=O)NCC4CC4)=CN4C5CC6CCCCC6CC5OC2C34)C1. The van der Waals surface area contributed by atoms with Gasteiger partial charge in [0.2, 0.25) is 0 Å². The predicted octanol–water partition coefficient (Wildman–Crippen LogP) is 2.15. The summed E-state index contributed by atoms with van der Waals surface area (Å²) in [5, 5.41) is 3.00. The van der Waals surface area contributed by atoms with E-state index < -0.39 is 12.1 Å². The summed E-state index contributed by atoms with van der Waals surface area (Å²) in [7, 11) is 0. The lowest BCUT2D eigenvalue weighted by atomic mass is 9.64. The van der Waals surface area contributed by atoms with Crippen molar-refractivity contribution in [3.8, 4) is 0 Å². The van der Waals surface area contributed by atoms with Crippen molar-refractivity contribution in [2.75, 3.05) is 19.6 Å². The first-order chi connectivity index (χ1) is 17.5. The molecule has 0 aromatic heterocycles. The standard InChI is InChI=1S/C28H41FN4O3/c29-21-11-19-24-27(25(21)32-8-7-18(30)13-32)36-23-10-17-4-2-1-3-16(17)9-22(23)33(24)14-20(26(19)34)28(35)31-12-15-5-6-15/h14-19,21-25,27H,1-13,30H2,(H,31,35).